The zero-order valence-corrected chi connectivity index (χ0v) is 13.0. The molecule has 2 atom stereocenters. The van der Waals surface area contributed by atoms with Crippen LogP contribution in [-0.4, -0.2) is 15.9 Å². The molecule has 1 unspecified atom stereocenters. The van der Waals surface area contributed by atoms with E-state index in [0.717, 1.165) is 12.0 Å². The van der Waals surface area contributed by atoms with Crippen molar-refractivity contribution in [2.24, 2.45) is 0 Å². The zero-order valence-electron chi connectivity index (χ0n) is 12.2. The quantitative estimate of drug-likeness (QED) is 0.813. The molecule has 0 bridgehead atoms. The Kier molecular flexibility index (Phi) is 6.23. The third kappa shape index (κ3) is 5.26. The van der Waals surface area contributed by atoms with Gasteiger partial charge in [0.05, 0.1) is 6.04 Å². The normalized spacial score (nSPS) is 15.2. The molecule has 20 heavy (non-hydrogen) atoms. The largest absolute Gasteiger partial charge is 0.598 e. The maximum absolute atomic E-state index is 12.1. The Labute approximate surface area is 122 Å². The van der Waals surface area contributed by atoms with Crippen LogP contribution in [0.15, 0.2) is 24.3 Å². The molecule has 0 fully saturated rings. The van der Waals surface area contributed by atoms with Crippen molar-refractivity contribution < 1.29 is 18.1 Å². The first-order valence-electron chi connectivity index (χ1n) is 6.47. The molecule has 1 aromatic carbocycles. The van der Waals surface area contributed by atoms with Gasteiger partial charge in [0.1, 0.15) is 10.5 Å². The Morgan fingerprint density at radius 3 is 2.20 bits per heavy atom. The minimum absolute atomic E-state index is 0.0874. The van der Waals surface area contributed by atoms with E-state index in [0.29, 0.717) is 0 Å². The highest BCUT2D eigenvalue weighted by atomic mass is 32.2. The molecule has 114 valence electrons. The van der Waals surface area contributed by atoms with E-state index in [1.54, 1.807) is 12.1 Å². The molecule has 0 radical (unpaired) electrons. The predicted octanol–water partition coefficient (Wildman–Crippen LogP) is 3.79. The second-order valence-electron chi connectivity index (χ2n) is 5.41. The first kappa shape index (κ1) is 17.2. The third-order valence-corrected chi connectivity index (χ3v) is 4.33. The Bertz CT molecular complexity index is 407. The van der Waals surface area contributed by atoms with Crippen molar-refractivity contribution in [2.45, 2.75) is 51.5 Å². The molecule has 0 aliphatic rings. The second kappa shape index (κ2) is 7.24. The van der Waals surface area contributed by atoms with E-state index >= 15 is 0 Å². The predicted molar refractivity (Wildman–Crippen MR) is 77.1 cm³/mol. The molecule has 0 saturated heterocycles. The van der Waals surface area contributed by atoms with Crippen LogP contribution in [0.1, 0.15) is 45.7 Å². The number of alkyl halides is 2. The lowest BCUT2D eigenvalue weighted by Crippen LogP contribution is -2.41. The van der Waals surface area contributed by atoms with Crippen LogP contribution in [0.25, 0.3) is 0 Å². The molecule has 1 rings (SSSR count). The summed E-state index contributed by atoms with van der Waals surface area (Å²) in [5.41, 5.74) is 0.895. The number of rotatable bonds is 6. The Morgan fingerprint density at radius 2 is 1.80 bits per heavy atom. The average molecular weight is 305 g/mol. The molecule has 1 aromatic rings. The maximum atomic E-state index is 12.1. The first-order chi connectivity index (χ1) is 9.24. The summed E-state index contributed by atoms with van der Waals surface area (Å²) in [5, 5.41) is 0. The van der Waals surface area contributed by atoms with Crippen molar-refractivity contribution in [1.82, 2.24) is 4.72 Å². The summed E-state index contributed by atoms with van der Waals surface area (Å²) < 4.78 is 43.3. The highest BCUT2D eigenvalue weighted by Gasteiger charge is 2.29. The van der Waals surface area contributed by atoms with Gasteiger partial charge in [-0.2, -0.15) is 8.78 Å². The van der Waals surface area contributed by atoms with Crippen molar-refractivity contribution in [2.75, 3.05) is 0 Å². The van der Waals surface area contributed by atoms with Crippen molar-refractivity contribution in [3.05, 3.63) is 29.8 Å². The molecule has 6 heteroatoms. The lowest BCUT2D eigenvalue weighted by atomic mass is 10.1. The second-order valence-corrected chi connectivity index (χ2v) is 7.41. The van der Waals surface area contributed by atoms with Gasteiger partial charge in [0.15, 0.2) is 0 Å². The van der Waals surface area contributed by atoms with Crippen LogP contribution >= 0.6 is 0 Å². The van der Waals surface area contributed by atoms with Crippen molar-refractivity contribution in [3.8, 4) is 5.75 Å². The molecule has 1 N–H and O–H groups in total. The van der Waals surface area contributed by atoms with Gasteiger partial charge in [-0.3, -0.25) is 0 Å². The highest BCUT2D eigenvalue weighted by Crippen LogP contribution is 2.24. The summed E-state index contributed by atoms with van der Waals surface area (Å²) in [6.07, 6.45) is 0.747. The number of nitrogens with one attached hydrogen (secondary N) is 1. The third-order valence-electron chi connectivity index (χ3n) is 2.72. The zero-order chi connectivity index (χ0) is 15.3. The van der Waals surface area contributed by atoms with Crippen molar-refractivity contribution in [3.63, 3.8) is 0 Å². The van der Waals surface area contributed by atoms with Crippen LogP contribution in [0, 0.1) is 0 Å². The van der Waals surface area contributed by atoms with Gasteiger partial charge >= 0.3 is 6.61 Å². The van der Waals surface area contributed by atoms with Crippen LogP contribution in [-0.2, 0) is 11.4 Å². The number of ether oxygens (including phenoxy) is 1. The summed E-state index contributed by atoms with van der Waals surface area (Å²) in [6, 6.07) is 6.31. The molecule has 0 spiro atoms. The van der Waals surface area contributed by atoms with Gasteiger partial charge in [0, 0.05) is 11.4 Å². The summed E-state index contributed by atoms with van der Waals surface area (Å²) in [7, 11) is 0. The monoisotopic (exact) mass is 305 g/mol. The van der Waals surface area contributed by atoms with Crippen LogP contribution in [0.5, 0.6) is 5.75 Å². The van der Waals surface area contributed by atoms with E-state index in [9.17, 15) is 13.3 Å². The van der Waals surface area contributed by atoms with Crippen molar-refractivity contribution >= 4 is 11.4 Å². The van der Waals surface area contributed by atoms with Crippen LogP contribution in [0.2, 0.25) is 0 Å². The Morgan fingerprint density at radius 1 is 1.25 bits per heavy atom. The van der Waals surface area contributed by atoms with E-state index in [4.69, 9.17) is 0 Å². The van der Waals surface area contributed by atoms with E-state index in [1.165, 1.54) is 12.1 Å². The van der Waals surface area contributed by atoms with Gasteiger partial charge < -0.3 is 9.29 Å². The fourth-order valence-corrected chi connectivity index (χ4v) is 2.49. The van der Waals surface area contributed by atoms with Crippen LogP contribution in [0.4, 0.5) is 8.78 Å². The lowest BCUT2D eigenvalue weighted by Gasteiger charge is -2.27. The van der Waals surface area contributed by atoms with E-state index in [2.05, 4.69) is 9.46 Å². The summed E-state index contributed by atoms with van der Waals surface area (Å²) in [5.74, 6) is 0.121. The molecular weight excluding hydrogens is 284 g/mol. The molecular formula is C14H21F2NO2S. The summed E-state index contributed by atoms with van der Waals surface area (Å²) in [6.45, 7) is 4.82. The SMILES string of the molecule is CC[C@H](N[S+]([O-])C(C)(C)C)c1ccc(OC(F)F)cc1. The minimum atomic E-state index is -2.82. The molecule has 3 nitrogen and oxygen atoms in total. The number of hydrogen-bond donors (Lipinski definition) is 1. The standard InChI is InChI=1S/C14H21F2NO2S/c1-5-12(17-20(18)14(2,3)4)10-6-8-11(9-7-10)19-13(15)16/h6-9,12-13,17H,5H2,1-4H3/t12-,20?/m0/s1. The fourth-order valence-electron chi connectivity index (χ4n) is 1.57. The molecule has 0 amide bonds. The van der Waals surface area contributed by atoms with Gasteiger partial charge in [-0.05, 0) is 44.9 Å². The Hall–Kier alpha value is -0.850. The molecule has 0 aromatic heterocycles. The van der Waals surface area contributed by atoms with Gasteiger partial charge in [-0.25, -0.2) is 0 Å². The van der Waals surface area contributed by atoms with Gasteiger partial charge in [0.2, 0.25) is 0 Å². The maximum Gasteiger partial charge on any atom is 0.387 e. The lowest BCUT2D eigenvalue weighted by molar-refractivity contribution is -0.0498. The number of benzene rings is 1. The van der Waals surface area contributed by atoms with Gasteiger partial charge in [-0.1, -0.05) is 19.1 Å². The van der Waals surface area contributed by atoms with E-state index in [1.807, 2.05) is 27.7 Å². The van der Waals surface area contributed by atoms with Crippen LogP contribution < -0.4 is 9.46 Å². The number of halogens is 2. The minimum Gasteiger partial charge on any atom is -0.598 e. The number of hydrogen-bond acceptors (Lipinski definition) is 3. The molecule has 0 heterocycles. The topological polar surface area (TPSA) is 44.3 Å². The molecule has 0 aliphatic heterocycles. The van der Waals surface area contributed by atoms with Gasteiger partial charge in [0.25, 0.3) is 0 Å². The summed E-state index contributed by atoms with van der Waals surface area (Å²) in [4.78, 5) is 0. The Balaban J connectivity index is 2.75. The van der Waals surface area contributed by atoms with E-state index < -0.39 is 18.0 Å². The smallest absolute Gasteiger partial charge is 0.387 e. The molecule has 0 saturated carbocycles. The average Bonchev–Trinajstić information content (AvgIpc) is 2.35. The van der Waals surface area contributed by atoms with Crippen molar-refractivity contribution in [1.29, 1.82) is 0 Å². The van der Waals surface area contributed by atoms with Crippen LogP contribution in [0.3, 0.4) is 0 Å². The van der Waals surface area contributed by atoms with Gasteiger partial charge in [-0.15, -0.1) is 4.72 Å². The first-order valence-corrected chi connectivity index (χ1v) is 7.62. The summed E-state index contributed by atoms with van der Waals surface area (Å²) >= 11 is -1.18. The fraction of sp³-hybridized carbons (Fsp3) is 0.571. The van der Waals surface area contributed by atoms with E-state index in [-0.39, 0.29) is 16.5 Å². The molecule has 0 aliphatic carbocycles. The highest BCUT2D eigenvalue weighted by molar-refractivity contribution is 7.90.